The molecule has 132 valence electrons. The van der Waals surface area contributed by atoms with Crippen LogP contribution in [0.2, 0.25) is 0 Å². The zero-order chi connectivity index (χ0) is 17.2. The molecular weight excluding hydrogens is 323 g/mol. The second kappa shape index (κ2) is 6.72. The number of nitrogens with one attached hydrogen (secondary N) is 1. The van der Waals surface area contributed by atoms with Gasteiger partial charge in [0.1, 0.15) is 6.10 Å². The lowest BCUT2D eigenvalue weighted by Crippen LogP contribution is -2.37. The summed E-state index contributed by atoms with van der Waals surface area (Å²) in [5.41, 5.74) is -0.583. The molecule has 1 atom stereocenters. The third kappa shape index (κ3) is 3.89. The maximum atomic E-state index is 12.5. The summed E-state index contributed by atoms with van der Waals surface area (Å²) in [5.74, 6) is -0.918. The summed E-state index contributed by atoms with van der Waals surface area (Å²) >= 11 is 0. The van der Waals surface area contributed by atoms with Gasteiger partial charge in [0.05, 0.1) is 12.2 Å². The Morgan fingerprint density at radius 2 is 1.83 bits per heavy atom. The fourth-order valence-electron chi connectivity index (χ4n) is 3.19. The van der Waals surface area contributed by atoms with Crippen LogP contribution in [0.15, 0.2) is 24.3 Å². The first-order valence-corrected chi connectivity index (χ1v) is 8.15. The Morgan fingerprint density at radius 1 is 1.17 bits per heavy atom. The molecule has 1 saturated carbocycles. The van der Waals surface area contributed by atoms with Crippen LogP contribution in [-0.4, -0.2) is 30.9 Å². The Bertz CT molecular complexity index is 580. The van der Waals surface area contributed by atoms with Crippen LogP contribution in [0.1, 0.15) is 48.0 Å². The van der Waals surface area contributed by atoms with Crippen LogP contribution in [0, 0.1) is 0 Å². The monoisotopic (exact) mass is 343 g/mol. The van der Waals surface area contributed by atoms with Crippen molar-refractivity contribution in [1.29, 1.82) is 0 Å². The van der Waals surface area contributed by atoms with Gasteiger partial charge in [0.2, 0.25) is 0 Å². The van der Waals surface area contributed by atoms with Crippen molar-refractivity contribution in [1.82, 2.24) is 5.32 Å². The van der Waals surface area contributed by atoms with Gasteiger partial charge >= 0.3 is 6.18 Å². The normalized spacial score (nSPS) is 23.4. The molecule has 1 aromatic carbocycles. The van der Waals surface area contributed by atoms with E-state index in [1.807, 2.05) is 0 Å². The highest BCUT2D eigenvalue weighted by molar-refractivity contribution is 5.94. The van der Waals surface area contributed by atoms with Gasteiger partial charge in [-0.25, -0.2) is 0 Å². The minimum absolute atomic E-state index is 0.189. The van der Waals surface area contributed by atoms with E-state index in [9.17, 15) is 18.0 Å². The van der Waals surface area contributed by atoms with Crippen molar-refractivity contribution in [2.75, 3.05) is 13.2 Å². The number of alkyl halides is 3. The van der Waals surface area contributed by atoms with E-state index in [2.05, 4.69) is 5.32 Å². The Kier molecular flexibility index (Phi) is 4.83. The molecule has 1 heterocycles. The highest BCUT2D eigenvalue weighted by Crippen LogP contribution is 2.37. The second-order valence-electron chi connectivity index (χ2n) is 6.31. The van der Waals surface area contributed by atoms with Gasteiger partial charge < -0.3 is 14.8 Å². The molecule has 1 saturated heterocycles. The summed E-state index contributed by atoms with van der Waals surface area (Å²) < 4.78 is 49.3. The molecule has 1 aliphatic heterocycles. The average molecular weight is 343 g/mol. The summed E-state index contributed by atoms with van der Waals surface area (Å²) in [6, 6.07) is 4.15. The maximum absolute atomic E-state index is 12.5. The van der Waals surface area contributed by atoms with Crippen molar-refractivity contribution in [3.63, 3.8) is 0 Å². The van der Waals surface area contributed by atoms with E-state index in [4.69, 9.17) is 9.47 Å². The molecule has 1 aliphatic carbocycles. The molecule has 1 spiro atoms. The van der Waals surface area contributed by atoms with E-state index >= 15 is 0 Å². The number of rotatable bonds is 3. The molecule has 0 unspecified atom stereocenters. The highest BCUT2D eigenvalue weighted by Gasteiger charge is 2.42. The van der Waals surface area contributed by atoms with Crippen molar-refractivity contribution in [2.45, 2.75) is 50.2 Å². The lowest BCUT2D eigenvalue weighted by molar-refractivity contribution is -0.186. The average Bonchev–Trinajstić information content (AvgIpc) is 2.95. The van der Waals surface area contributed by atoms with Crippen LogP contribution in [0.5, 0.6) is 0 Å². The molecule has 2 fully saturated rings. The van der Waals surface area contributed by atoms with E-state index in [-0.39, 0.29) is 18.2 Å². The Labute approximate surface area is 138 Å². The van der Waals surface area contributed by atoms with Crippen molar-refractivity contribution < 1.29 is 27.4 Å². The summed E-state index contributed by atoms with van der Waals surface area (Å²) in [4.78, 5) is 12.0. The highest BCUT2D eigenvalue weighted by atomic mass is 19.4. The summed E-state index contributed by atoms with van der Waals surface area (Å²) in [7, 11) is 0. The first-order chi connectivity index (χ1) is 11.4. The van der Waals surface area contributed by atoms with Gasteiger partial charge in [0.25, 0.3) is 5.91 Å². The first-order valence-electron chi connectivity index (χ1n) is 8.15. The molecule has 7 heteroatoms. The Balaban J connectivity index is 1.51. The van der Waals surface area contributed by atoms with Crippen molar-refractivity contribution in [3.05, 3.63) is 35.4 Å². The summed E-state index contributed by atoms with van der Waals surface area (Å²) in [5, 5.41) is 2.70. The maximum Gasteiger partial charge on any atom is 0.416 e. The van der Waals surface area contributed by atoms with Gasteiger partial charge in [-0.3, -0.25) is 4.79 Å². The lowest BCUT2D eigenvalue weighted by atomic mass is 9.94. The predicted octanol–water partition coefficient (Wildman–Crippen LogP) is 3.51. The molecule has 3 rings (SSSR count). The number of carbonyl (C=O) groups excluding carboxylic acids is 1. The number of amides is 1. The molecule has 0 bridgehead atoms. The molecule has 1 N–H and O–H groups in total. The number of carbonyl (C=O) groups is 1. The summed E-state index contributed by atoms with van der Waals surface area (Å²) in [6.45, 7) is 0.703. The van der Waals surface area contributed by atoms with Crippen LogP contribution in [-0.2, 0) is 15.7 Å². The van der Waals surface area contributed by atoms with Crippen LogP contribution in [0.25, 0.3) is 0 Å². The minimum Gasteiger partial charge on any atom is -0.349 e. The third-order valence-corrected chi connectivity index (χ3v) is 4.49. The summed E-state index contributed by atoms with van der Waals surface area (Å²) in [6.07, 6.45) is 0.450. The van der Waals surface area contributed by atoms with Gasteiger partial charge in [-0.1, -0.05) is 6.42 Å². The standard InChI is InChI=1S/C17H20F3NO3/c18-17(19,20)13-6-4-12(5-7-13)15(22)21-10-14-11-23-16(24-14)8-2-1-3-9-16/h4-7,14H,1-3,8-11H2,(H,21,22)/t14-/m1/s1. The number of ether oxygens (including phenoxy) is 2. The van der Waals surface area contributed by atoms with Gasteiger partial charge in [0.15, 0.2) is 5.79 Å². The largest absolute Gasteiger partial charge is 0.416 e. The van der Waals surface area contributed by atoms with Crippen LogP contribution < -0.4 is 5.32 Å². The number of benzene rings is 1. The molecule has 0 radical (unpaired) electrons. The molecule has 2 aliphatic rings. The van der Waals surface area contributed by atoms with Crippen LogP contribution >= 0.6 is 0 Å². The smallest absolute Gasteiger partial charge is 0.349 e. The predicted molar refractivity (Wildman–Crippen MR) is 80.4 cm³/mol. The number of halogens is 3. The first kappa shape index (κ1) is 17.2. The van der Waals surface area contributed by atoms with E-state index < -0.39 is 23.4 Å². The second-order valence-corrected chi connectivity index (χ2v) is 6.31. The molecule has 1 amide bonds. The molecule has 24 heavy (non-hydrogen) atoms. The van der Waals surface area contributed by atoms with E-state index in [1.165, 1.54) is 18.6 Å². The third-order valence-electron chi connectivity index (χ3n) is 4.49. The molecule has 0 aromatic heterocycles. The molecule has 4 nitrogen and oxygen atoms in total. The van der Waals surface area contributed by atoms with E-state index in [0.717, 1.165) is 37.8 Å². The van der Waals surface area contributed by atoms with Gasteiger partial charge in [-0.15, -0.1) is 0 Å². The minimum atomic E-state index is -4.40. The van der Waals surface area contributed by atoms with Crippen molar-refractivity contribution in [2.24, 2.45) is 0 Å². The number of hydrogen-bond acceptors (Lipinski definition) is 3. The zero-order valence-corrected chi connectivity index (χ0v) is 13.2. The lowest BCUT2D eigenvalue weighted by Gasteiger charge is -2.31. The molecular formula is C17H20F3NO3. The van der Waals surface area contributed by atoms with Crippen LogP contribution in [0.4, 0.5) is 13.2 Å². The SMILES string of the molecule is O=C(NC[C@@H]1COC2(CCCCC2)O1)c1ccc(C(F)(F)F)cc1. The Morgan fingerprint density at radius 3 is 2.46 bits per heavy atom. The quantitative estimate of drug-likeness (QED) is 0.914. The van der Waals surface area contributed by atoms with Gasteiger partial charge in [-0.2, -0.15) is 13.2 Å². The number of hydrogen-bond donors (Lipinski definition) is 1. The fourth-order valence-corrected chi connectivity index (χ4v) is 3.19. The fraction of sp³-hybridized carbons (Fsp3) is 0.588. The Hall–Kier alpha value is -1.60. The van der Waals surface area contributed by atoms with E-state index in [1.54, 1.807) is 0 Å². The van der Waals surface area contributed by atoms with Crippen molar-refractivity contribution >= 4 is 5.91 Å². The van der Waals surface area contributed by atoms with E-state index in [0.29, 0.717) is 6.61 Å². The molecule has 1 aromatic rings. The topological polar surface area (TPSA) is 47.6 Å². The van der Waals surface area contributed by atoms with Gasteiger partial charge in [-0.05, 0) is 37.1 Å². The van der Waals surface area contributed by atoms with Gasteiger partial charge in [0, 0.05) is 24.9 Å². The zero-order valence-electron chi connectivity index (χ0n) is 13.2. The van der Waals surface area contributed by atoms with Crippen molar-refractivity contribution in [3.8, 4) is 0 Å². The van der Waals surface area contributed by atoms with Crippen LogP contribution in [0.3, 0.4) is 0 Å².